The van der Waals surface area contributed by atoms with Crippen molar-refractivity contribution in [2.75, 3.05) is 19.8 Å². The van der Waals surface area contributed by atoms with Crippen LogP contribution in [0.3, 0.4) is 0 Å². The molecule has 1 aromatic carbocycles. The van der Waals surface area contributed by atoms with Crippen LogP contribution in [0.15, 0.2) is 29.1 Å². The minimum absolute atomic E-state index is 0.0864. The van der Waals surface area contributed by atoms with E-state index in [1.54, 1.807) is 6.07 Å². The van der Waals surface area contributed by atoms with Crippen molar-refractivity contribution in [1.82, 2.24) is 14.9 Å². The number of hydrogen-bond donors (Lipinski definition) is 2. The number of hydrogen-bond acceptors (Lipinski definition) is 4. The van der Waals surface area contributed by atoms with Gasteiger partial charge in [0.05, 0.1) is 10.9 Å². The number of amides is 1. The Labute approximate surface area is 151 Å². The minimum Gasteiger partial charge on any atom is -0.381 e. The Hall–Kier alpha value is -1.99. The molecule has 1 aromatic heterocycles. The summed E-state index contributed by atoms with van der Waals surface area (Å²) in [5.41, 5.74) is 0.546. The number of H-pyrrole nitrogens is 1. The van der Waals surface area contributed by atoms with Gasteiger partial charge in [0.25, 0.3) is 5.56 Å². The quantitative estimate of drug-likeness (QED) is 0.531. The number of benzene rings is 1. The first kappa shape index (κ1) is 17.8. The zero-order chi connectivity index (χ0) is 17.6. The largest absolute Gasteiger partial charge is 0.381 e. The van der Waals surface area contributed by atoms with Crippen molar-refractivity contribution in [3.63, 3.8) is 0 Å². The Kier molecular flexibility index (Phi) is 5.99. The molecule has 7 heteroatoms. The van der Waals surface area contributed by atoms with Crippen LogP contribution < -0.4 is 10.9 Å². The maximum Gasteiger partial charge on any atom is 0.262 e. The van der Waals surface area contributed by atoms with Crippen molar-refractivity contribution in [1.29, 1.82) is 0 Å². The molecular formula is C18H23N3O3S. The number of aromatic nitrogens is 2. The predicted octanol–water partition coefficient (Wildman–Crippen LogP) is 2.38. The van der Waals surface area contributed by atoms with Gasteiger partial charge in [0, 0.05) is 32.7 Å². The molecule has 0 atom stereocenters. The van der Waals surface area contributed by atoms with Crippen LogP contribution in [-0.2, 0) is 16.1 Å². The Balaban J connectivity index is 1.46. The highest BCUT2D eigenvalue weighted by Gasteiger charge is 2.20. The Bertz CT molecular complexity index is 855. The third kappa shape index (κ3) is 4.99. The third-order valence-electron chi connectivity index (χ3n) is 4.29. The van der Waals surface area contributed by atoms with Gasteiger partial charge in [-0.15, -0.1) is 0 Å². The van der Waals surface area contributed by atoms with E-state index in [-0.39, 0.29) is 24.4 Å². The molecule has 1 aliphatic carbocycles. The second-order valence-electron chi connectivity index (χ2n) is 6.40. The fourth-order valence-electron chi connectivity index (χ4n) is 2.64. The fraction of sp³-hybridized carbons (Fsp3) is 0.500. The highest BCUT2D eigenvalue weighted by molar-refractivity contribution is 7.71. The number of fused-ring (bicyclic) bond motifs is 1. The highest BCUT2D eigenvalue weighted by atomic mass is 32.1. The van der Waals surface area contributed by atoms with Crippen LogP contribution in [0.2, 0.25) is 0 Å². The van der Waals surface area contributed by atoms with E-state index >= 15 is 0 Å². The van der Waals surface area contributed by atoms with Gasteiger partial charge in [-0.05, 0) is 49.5 Å². The van der Waals surface area contributed by atoms with E-state index in [4.69, 9.17) is 17.0 Å². The summed E-state index contributed by atoms with van der Waals surface area (Å²) >= 11 is 5.24. The van der Waals surface area contributed by atoms with Gasteiger partial charge >= 0.3 is 0 Å². The molecule has 2 N–H and O–H groups in total. The van der Waals surface area contributed by atoms with E-state index < -0.39 is 0 Å². The molecule has 134 valence electrons. The van der Waals surface area contributed by atoms with Crippen LogP contribution in [0.5, 0.6) is 0 Å². The second kappa shape index (κ2) is 8.40. The Morgan fingerprint density at radius 3 is 2.96 bits per heavy atom. The zero-order valence-electron chi connectivity index (χ0n) is 14.1. The van der Waals surface area contributed by atoms with Gasteiger partial charge in [0.1, 0.15) is 0 Å². The monoisotopic (exact) mass is 361 g/mol. The molecule has 1 fully saturated rings. The number of ether oxygens (including phenoxy) is 1. The van der Waals surface area contributed by atoms with Crippen molar-refractivity contribution >= 4 is 29.0 Å². The summed E-state index contributed by atoms with van der Waals surface area (Å²) in [6, 6.07) is 7.22. The van der Waals surface area contributed by atoms with Gasteiger partial charge in [-0.25, -0.2) is 0 Å². The van der Waals surface area contributed by atoms with Crippen molar-refractivity contribution in [3.05, 3.63) is 39.4 Å². The first-order valence-corrected chi connectivity index (χ1v) is 9.12. The maximum absolute atomic E-state index is 12.5. The van der Waals surface area contributed by atoms with E-state index in [9.17, 15) is 9.59 Å². The molecule has 6 nitrogen and oxygen atoms in total. The molecule has 1 heterocycles. The number of carbonyl (C=O) groups is 1. The molecule has 1 saturated carbocycles. The number of rotatable bonds is 9. The van der Waals surface area contributed by atoms with Crippen molar-refractivity contribution in [2.24, 2.45) is 5.92 Å². The van der Waals surface area contributed by atoms with Gasteiger partial charge < -0.3 is 15.0 Å². The highest BCUT2D eigenvalue weighted by Crippen LogP contribution is 2.28. The molecule has 0 unspecified atom stereocenters. The van der Waals surface area contributed by atoms with Crippen molar-refractivity contribution < 1.29 is 9.53 Å². The summed E-state index contributed by atoms with van der Waals surface area (Å²) in [5.74, 6) is 0.677. The topological polar surface area (TPSA) is 76.1 Å². The van der Waals surface area contributed by atoms with E-state index in [1.807, 2.05) is 18.2 Å². The first-order chi connectivity index (χ1) is 12.1. The number of aromatic amines is 1. The average Bonchev–Trinajstić information content (AvgIpc) is 3.42. The lowest BCUT2D eigenvalue weighted by Gasteiger charge is -2.09. The van der Waals surface area contributed by atoms with Crippen molar-refractivity contribution in [2.45, 2.75) is 32.2 Å². The standard InChI is InChI=1S/C18H23N3O3S/c22-16(19-9-3-11-24-12-13-6-7-13)8-10-21-17(23)14-4-1-2-5-15(14)20-18(21)25/h1-2,4-5,13H,3,6-12H2,(H,19,22)(H,20,25). The SMILES string of the molecule is O=C(CCn1c(=S)[nH]c2ccccc2c1=O)NCCCOCC1CC1. The van der Waals surface area contributed by atoms with Gasteiger partial charge in [0.2, 0.25) is 5.91 Å². The van der Waals surface area contributed by atoms with E-state index in [0.29, 0.717) is 28.8 Å². The number of nitrogens with one attached hydrogen (secondary N) is 2. The second-order valence-corrected chi connectivity index (χ2v) is 6.79. The summed E-state index contributed by atoms with van der Waals surface area (Å²) < 4.78 is 7.30. The van der Waals surface area contributed by atoms with Crippen LogP contribution in [0, 0.1) is 10.7 Å². The van der Waals surface area contributed by atoms with Crippen LogP contribution in [-0.4, -0.2) is 35.2 Å². The smallest absolute Gasteiger partial charge is 0.262 e. The lowest BCUT2D eigenvalue weighted by molar-refractivity contribution is -0.121. The van der Waals surface area contributed by atoms with Gasteiger partial charge in [-0.2, -0.15) is 0 Å². The predicted molar refractivity (Wildman–Crippen MR) is 99.2 cm³/mol. The minimum atomic E-state index is -0.166. The molecule has 0 radical (unpaired) electrons. The summed E-state index contributed by atoms with van der Waals surface area (Å²) in [4.78, 5) is 27.5. The summed E-state index contributed by atoms with van der Waals surface area (Å²) in [7, 11) is 0. The molecule has 1 amide bonds. The molecule has 1 aliphatic rings. The first-order valence-electron chi connectivity index (χ1n) is 8.71. The normalized spacial score (nSPS) is 13.9. The van der Waals surface area contributed by atoms with Gasteiger partial charge in [0.15, 0.2) is 4.77 Å². The molecule has 0 saturated heterocycles. The average molecular weight is 361 g/mol. The van der Waals surface area contributed by atoms with Crippen LogP contribution in [0.25, 0.3) is 10.9 Å². The number of para-hydroxylation sites is 1. The summed E-state index contributed by atoms with van der Waals surface area (Å²) in [6.45, 7) is 2.37. The lowest BCUT2D eigenvalue weighted by Crippen LogP contribution is -2.29. The third-order valence-corrected chi connectivity index (χ3v) is 4.61. The van der Waals surface area contributed by atoms with Gasteiger partial charge in [-0.3, -0.25) is 14.2 Å². The van der Waals surface area contributed by atoms with E-state index in [0.717, 1.165) is 18.9 Å². The number of nitrogens with zero attached hydrogens (tertiary/aromatic N) is 1. The number of carbonyl (C=O) groups excluding carboxylic acids is 1. The van der Waals surface area contributed by atoms with E-state index in [1.165, 1.54) is 17.4 Å². The van der Waals surface area contributed by atoms with Crippen molar-refractivity contribution in [3.8, 4) is 0 Å². The van der Waals surface area contributed by atoms with E-state index in [2.05, 4.69) is 10.3 Å². The molecule has 0 spiro atoms. The molecule has 2 aromatic rings. The van der Waals surface area contributed by atoms with Crippen LogP contribution >= 0.6 is 12.2 Å². The van der Waals surface area contributed by atoms with Crippen LogP contribution in [0.1, 0.15) is 25.7 Å². The zero-order valence-corrected chi connectivity index (χ0v) is 14.9. The molecule has 0 bridgehead atoms. The lowest BCUT2D eigenvalue weighted by atomic mass is 10.2. The molecule has 3 rings (SSSR count). The summed E-state index contributed by atoms with van der Waals surface area (Å²) in [5, 5.41) is 3.43. The molecule has 0 aliphatic heterocycles. The Morgan fingerprint density at radius 2 is 2.16 bits per heavy atom. The molecule has 25 heavy (non-hydrogen) atoms. The molecular weight excluding hydrogens is 338 g/mol. The Morgan fingerprint density at radius 1 is 1.36 bits per heavy atom. The maximum atomic E-state index is 12.5. The fourth-order valence-corrected chi connectivity index (χ4v) is 2.92. The van der Waals surface area contributed by atoms with Crippen LogP contribution in [0.4, 0.5) is 0 Å². The van der Waals surface area contributed by atoms with Gasteiger partial charge in [-0.1, -0.05) is 12.1 Å². The summed E-state index contributed by atoms with van der Waals surface area (Å²) in [6.07, 6.45) is 3.59.